The first-order valence-electron chi connectivity index (χ1n) is 1.53. The second kappa shape index (κ2) is 18.8. The summed E-state index contributed by atoms with van der Waals surface area (Å²) in [5.74, 6) is 0. The topological polar surface area (TPSA) is 0 Å². The van der Waals surface area contributed by atoms with Crippen LogP contribution in [0.5, 0.6) is 0 Å². The first-order chi connectivity index (χ1) is 2.41. The molecular formula is H8Cl2Si3. The number of rotatable bonds is 0. The molecule has 0 rings (SSSR count). The van der Waals surface area contributed by atoms with Crippen molar-refractivity contribution in [3.63, 3.8) is 0 Å². The zero-order valence-corrected chi connectivity index (χ0v) is 10.4. The third-order valence-electron chi connectivity index (χ3n) is 0. The van der Waals surface area contributed by atoms with Gasteiger partial charge in [0.15, 0.2) is 0 Å². The van der Waals surface area contributed by atoms with Crippen LogP contribution in [-0.4, -0.2) is 27.7 Å². The van der Waals surface area contributed by atoms with E-state index in [9.17, 15) is 0 Å². The quantitative estimate of drug-likeness (QED) is 0.289. The zero-order valence-electron chi connectivity index (χ0n) is 3.46. The van der Waals surface area contributed by atoms with Crippen LogP contribution in [0.2, 0.25) is 0 Å². The fourth-order valence-corrected chi connectivity index (χ4v) is 0. The van der Waals surface area contributed by atoms with Crippen LogP contribution in [-0.2, 0) is 0 Å². The molecule has 0 aliphatic rings. The minimum atomic E-state index is -0.639. The predicted octanol–water partition coefficient (Wildman–Crippen LogP) is -1.91. The summed E-state index contributed by atoms with van der Waals surface area (Å²) in [6, 6.07) is 0. The highest BCUT2D eigenvalue weighted by Crippen LogP contribution is 1.67. The Labute approximate surface area is 50.1 Å². The molecule has 0 aromatic heterocycles. The molecule has 0 heterocycles. The van der Waals surface area contributed by atoms with Gasteiger partial charge >= 0.3 is 0 Å². The third-order valence-corrected chi connectivity index (χ3v) is 0. The lowest BCUT2D eigenvalue weighted by atomic mass is 27.1. The van der Waals surface area contributed by atoms with Crippen LogP contribution in [0.25, 0.3) is 0 Å². The molecule has 5 heteroatoms. The van der Waals surface area contributed by atoms with Gasteiger partial charge in [-0.2, -0.15) is 22.2 Å². The van der Waals surface area contributed by atoms with E-state index in [2.05, 4.69) is 0 Å². The van der Waals surface area contributed by atoms with Crippen molar-refractivity contribution < 1.29 is 0 Å². The molecule has 0 unspecified atom stereocenters. The minimum absolute atomic E-state index is 0.639. The van der Waals surface area contributed by atoms with Gasteiger partial charge in [0.25, 0.3) is 0 Å². The highest BCUT2D eigenvalue weighted by molar-refractivity contribution is 7.22. The Morgan fingerprint density at radius 1 is 1.20 bits per heavy atom. The molecule has 0 aromatic rings. The SMILES string of the molecule is Cl[SiH2]Cl.[SiH3][SiH3]. The molecule has 0 N–H and O–H groups in total. The number of hydrogen-bond donors (Lipinski definition) is 0. The summed E-state index contributed by atoms with van der Waals surface area (Å²) < 4.78 is 0. The summed E-state index contributed by atoms with van der Waals surface area (Å²) in [5.41, 5.74) is 0. The molecule has 0 saturated carbocycles. The van der Waals surface area contributed by atoms with Crippen molar-refractivity contribution in [1.82, 2.24) is 0 Å². The van der Waals surface area contributed by atoms with Crippen LogP contribution in [0.3, 0.4) is 0 Å². The molecule has 0 bridgehead atoms. The largest absolute Gasteiger partial charge is 0.222 e. The van der Waals surface area contributed by atoms with Crippen molar-refractivity contribution in [2.24, 2.45) is 0 Å². The van der Waals surface area contributed by atoms with Gasteiger partial charge in [0.2, 0.25) is 8.14 Å². The molecule has 0 aromatic carbocycles. The van der Waals surface area contributed by atoms with Crippen LogP contribution in [0.15, 0.2) is 0 Å². The average Bonchev–Trinajstić information content (AvgIpc) is 1.46. The Balaban J connectivity index is 0. The number of halogens is 2. The van der Waals surface area contributed by atoms with Gasteiger partial charge in [0.05, 0.1) is 0 Å². The minimum Gasteiger partial charge on any atom is -0.155 e. The van der Waals surface area contributed by atoms with E-state index < -0.39 is 8.14 Å². The summed E-state index contributed by atoms with van der Waals surface area (Å²) in [4.78, 5) is 0. The van der Waals surface area contributed by atoms with Crippen molar-refractivity contribution in [3.8, 4) is 0 Å². The number of hydrogen-bond acceptors (Lipinski definition) is 0. The van der Waals surface area contributed by atoms with E-state index in [1.54, 1.807) is 0 Å². The average molecular weight is 163 g/mol. The lowest BCUT2D eigenvalue weighted by Gasteiger charge is -1.39. The molecule has 0 atom stereocenters. The van der Waals surface area contributed by atoms with Gasteiger partial charge in [-0.3, -0.25) is 0 Å². The molecular weight excluding hydrogens is 155 g/mol. The summed E-state index contributed by atoms with van der Waals surface area (Å²) in [6.45, 7) is 0. The van der Waals surface area contributed by atoms with Gasteiger partial charge in [0, 0.05) is 0 Å². The molecule has 0 aliphatic heterocycles. The van der Waals surface area contributed by atoms with Crippen LogP contribution in [0, 0.1) is 0 Å². The first-order valence-corrected chi connectivity index (χ1v) is 13.8. The molecule has 0 nitrogen and oxygen atoms in total. The van der Waals surface area contributed by atoms with E-state index >= 15 is 0 Å². The lowest BCUT2D eigenvalue weighted by Crippen LogP contribution is -1.38. The fourth-order valence-electron chi connectivity index (χ4n) is 0. The van der Waals surface area contributed by atoms with Crippen LogP contribution < -0.4 is 0 Å². The maximum absolute atomic E-state index is 4.90. The summed E-state index contributed by atoms with van der Waals surface area (Å²) >= 11 is 9.81. The van der Waals surface area contributed by atoms with E-state index in [1.165, 1.54) is 19.5 Å². The van der Waals surface area contributed by atoms with Crippen LogP contribution in [0.4, 0.5) is 0 Å². The van der Waals surface area contributed by atoms with Crippen molar-refractivity contribution in [1.29, 1.82) is 0 Å². The van der Waals surface area contributed by atoms with Crippen LogP contribution >= 0.6 is 22.2 Å². The molecule has 34 valence electrons. The highest BCUT2D eigenvalue weighted by Gasteiger charge is 1.46. The normalized spacial score (nSPS) is 6.00. The Morgan fingerprint density at radius 2 is 1.20 bits per heavy atom. The highest BCUT2D eigenvalue weighted by atomic mass is 35.7. The second-order valence-electron chi connectivity index (χ2n) is 0.101. The van der Waals surface area contributed by atoms with E-state index in [0.29, 0.717) is 0 Å². The molecule has 0 aliphatic carbocycles. The van der Waals surface area contributed by atoms with Crippen molar-refractivity contribution >= 4 is 49.8 Å². The van der Waals surface area contributed by atoms with Gasteiger partial charge in [-0.1, -0.05) is 0 Å². The lowest BCUT2D eigenvalue weighted by molar-refractivity contribution is 4.39. The Morgan fingerprint density at radius 3 is 1.20 bits per heavy atom. The summed E-state index contributed by atoms with van der Waals surface area (Å²) in [6.07, 6.45) is 0. The Kier molecular flexibility index (Phi) is 35.8. The molecule has 5 heavy (non-hydrogen) atoms. The first kappa shape index (κ1) is 9.52. The third kappa shape index (κ3) is 36.0. The molecule has 0 radical (unpaired) electrons. The zero-order chi connectivity index (χ0) is 4.71. The van der Waals surface area contributed by atoms with Crippen molar-refractivity contribution in [2.75, 3.05) is 0 Å². The summed E-state index contributed by atoms with van der Waals surface area (Å²) in [7, 11) is 2.25. The molecule has 0 spiro atoms. The standard InChI is InChI=1S/Cl2H2Si.H6Si2/c1-3-2;1-2/h3H2;1-2H3. The maximum Gasteiger partial charge on any atom is 0.222 e. The van der Waals surface area contributed by atoms with Gasteiger partial charge in [-0.15, -0.1) is 0 Å². The van der Waals surface area contributed by atoms with E-state index in [-0.39, 0.29) is 0 Å². The smallest absolute Gasteiger partial charge is 0.155 e. The van der Waals surface area contributed by atoms with Crippen molar-refractivity contribution in [3.05, 3.63) is 0 Å². The van der Waals surface area contributed by atoms with E-state index in [4.69, 9.17) is 22.2 Å². The van der Waals surface area contributed by atoms with Crippen LogP contribution in [0.1, 0.15) is 0 Å². The molecule has 0 fully saturated rings. The fraction of sp³-hybridized carbons (Fsp3) is 0. The Bertz CT molecular complexity index is 4.85. The second-order valence-corrected chi connectivity index (χ2v) is 2.73. The predicted molar refractivity (Wildman–Crippen MR) is 40.1 cm³/mol. The maximum atomic E-state index is 4.90. The molecule has 0 saturated heterocycles. The Hall–Kier alpha value is 1.23. The monoisotopic (exact) mass is 162 g/mol. The van der Waals surface area contributed by atoms with Gasteiger partial charge in [-0.05, 0) is 19.5 Å². The molecule has 0 amide bonds. The van der Waals surface area contributed by atoms with Gasteiger partial charge < -0.3 is 0 Å². The summed E-state index contributed by atoms with van der Waals surface area (Å²) in [5, 5.41) is 0. The van der Waals surface area contributed by atoms with Gasteiger partial charge in [-0.25, -0.2) is 0 Å². The van der Waals surface area contributed by atoms with Gasteiger partial charge in [0.1, 0.15) is 0 Å². The van der Waals surface area contributed by atoms with E-state index in [0.717, 1.165) is 0 Å². The van der Waals surface area contributed by atoms with Crippen molar-refractivity contribution in [2.45, 2.75) is 0 Å². The van der Waals surface area contributed by atoms with E-state index in [1.807, 2.05) is 0 Å².